The van der Waals surface area contributed by atoms with Crippen LogP contribution in [-0.4, -0.2) is 0 Å². The molecule has 0 saturated heterocycles. The van der Waals surface area contributed by atoms with E-state index in [1.165, 1.54) is 22.3 Å². The third kappa shape index (κ3) is 2.99. The molecule has 2 aromatic carbocycles. The first-order chi connectivity index (χ1) is 11.4. The molecule has 1 heterocycles. The SMILES string of the molecule is C1=CC(c2cccc(C3=CCC(c4ccccc4)C=C3)c2)NN1. The number of rotatable bonds is 3. The second-order valence-corrected chi connectivity index (χ2v) is 6.02. The summed E-state index contributed by atoms with van der Waals surface area (Å²) in [5.74, 6) is 0.492. The van der Waals surface area contributed by atoms with Crippen LogP contribution in [0.4, 0.5) is 0 Å². The summed E-state index contributed by atoms with van der Waals surface area (Å²) >= 11 is 0. The molecule has 2 heteroatoms. The fraction of sp³-hybridized carbons (Fsp3) is 0.143. The summed E-state index contributed by atoms with van der Waals surface area (Å²) in [6.07, 6.45) is 12.1. The van der Waals surface area contributed by atoms with Crippen LogP contribution in [0.2, 0.25) is 0 Å². The summed E-state index contributed by atoms with van der Waals surface area (Å²) in [5.41, 5.74) is 11.5. The molecular formula is C21H20N2. The highest BCUT2D eigenvalue weighted by Gasteiger charge is 2.14. The van der Waals surface area contributed by atoms with Gasteiger partial charge in [-0.2, -0.15) is 0 Å². The van der Waals surface area contributed by atoms with Gasteiger partial charge in [-0.15, -0.1) is 0 Å². The molecule has 2 atom stereocenters. The summed E-state index contributed by atoms with van der Waals surface area (Å²) in [6, 6.07) is 19.7. The van der Waals surface area contributed by atoms with Gasteiger partial charge in [-0.25, -0.2) is 5.43 Å². The van der Waals surface area contributed by atoms with Gasteiger partial charge in [-0.05, 0) is 40.8 Å². The van der Waals surface area contributed by atoms with Crippen molar-refractivity contribution in [2.24, 2.45) is 0 Å². The first-order valence-electron chi connectivity index (χ1n) is 8.11. The zero-order valence-corrected chi connectivity index (χ0v) is 12.9. The Morgan fingerprint density at radius 1 is 0.870 bits per heavy atom. The van der Waals surface area contributed by atoms with Gasteiger partial charge in [-0.3, -0.25) is 0 Å². The van der Waals surface area contributed by atoms with Crippen LogP contribution in [0.15, 0.2) is 85.1 Å². The Labute approximate surface area is 137 Å². The maximum atomic E-state index is 3.23. The molecule has 0 aromatic heterocycles. The molecule has 1 aliphatic heterocycles. The molecule has 2 unspecified atom stereocenters. The molecule has 114 valence electrons. The van der Waals surface area contributed by atoms with Crippen molar-refractivity contribution in [3.05, 3.63) is 102 Å². The largest absolute Gasteiger partial charge is 0.328 e. The third-order valence-corrected chi connectivity index (χ3v) is 4.52. The Hall–Kier alpha value is -2.58. The van der Waals surface area contributed by atoms with E-state index in [0.717, 1.165) is 6.42 Å². The first-order valence-corrected chi connectivity index (χ1v) is 8.11. The zero-order chi connectivity index (χ0) is 15.5. The van der Waals surface area contributed by atoms with Crippen LogP contribution in [0.5, 0.6) is 0 Å². The van der Waals surface area contributed by atoms with Gasteiger partial charge in [0.25, 0.3) is 0 Å². The second kappa shape index (κ2) is 6.27. The monoisotopic (exact) mass is 300 g/mol. The Bertz CT molecular complexity index is 771. The molecule has 2 aromatic rings. The van der Waals surface area contributed by atoms with E-state index in [1.54, 1.807) is 0 Å². The van der Waals surface area contributed by atoms with Crippen molar-refractivity contribution in [1.82, 2.24) is 10.9 Å². The van der Waals surface area contributed by atoms with Crippen molar-refractivity contribution < 1.29 is 0 Å². The van der Waals surface area contributed by atoms with E-state index < -0.39 is 0 Å². The van der Waals surface area contributed by atoms with E-state index in [1.807, 2.05) is 6.20 Å². The summed E-state index contributed by atoms with van der Waals surface area (Å²) in [5, 5.41) is 0. The molecule has 0 bridgehead atoms. The molecular weight excluding hydrogens is 280 g/mol. The second-order valence-electron chi connectivity index (χ2n) is 6.02. The number of nitrogens with one attached hydrogen (secondary N) is 2. The van der Waals surface area contributed by atoms with E-state index in [9.17, 15) is 0 Å². The summed E-state index contributed by atoms with van der Waals surface area (Å²) < 4.78 is 0. The Kier molecular flexibility index (Phi) is 3.83. The Morgan fingerprint density at radius 3 is 2.48 bits per heavy atom. The van der Waals surface area contributed by atoms with E-state index in [4.69, 9.17) is 0 Å². The molecule has 0 amide bonds. The molecule has 2 aliphatic rings. The number of hydrogen-bond donors (Lipinski definition) is 2. The van der Waals surface area contributed by atoms with Gasteiger partial charge in [-0.1, -0.05) is 66.8 Å². The van der Waals surface area contributed by atoms with Crippen LogP contribution in [0.1, 0.15) is 35.1 Å². The lowest BCUT2D eigenvalue weighted by molar-refractivity contribution is 0.610. The fourth-order valence-corrected chi connectivity index (χ4v) is 3.22. The van der Waals surface area contributed by atoms with E-state index in [-0.39, 0.29) is 6.04 Å². The van der Waals surface area contributed by atoms with Crippen molar-refractivity contribution in [3.8, 4) is 0 Å². The van der Waals surface area contributed by atoms with Crippen LogP contribution in [-0.2, 0) is 0 Å². The number of allylic oxidation sites excluding steroid dienone is 4. The average Bonchev–Trinajstić information content (AvgIpc) is 3.18. The molecule has 1 aliphatic carbocycles. The van der Waals surface area contributed by atoms with Crippen molar-refractivity contribution in [2.75, 3.05) is 0 Å². The quantitative estimate of drug-likeness (QED) is 0.873. The van der Waals surface area contributed by atoms with Gasteiger partial charge >= 0.3 is 0 Å². The van der Waals surface area contributed by atoms with Gasteiger partial charge in [0.1, 0.15) is 0 Å². The molecule has 2 nitrogen and oxygen atoms in total. The molecule has 0 radical (unpaired) electrons. The predicted molar refractivity (Wildman–Crippen MR) is 95.5 cm³/mol. The zero-order valence-electron chi connectivity index (χ0n) is 12.9. The van der Waals surface area contributed by atoms with Crippen LogP contribution >= 0.6 is 0 Å². The lowest BCUT2D eigenvalue weighted by atomic mass is 9.88. The fourth-order valence-electron chi connectivity index (χ4n) is 3.22. The summed E-state index contributed by atoms with van der Waals surface area (Å²) in [6.45, 7) is 0. The Balaban J connectivity index is 1.54. The van der Waals surface area contributed by atoms with Gasteiger partial charge in [0.05, 0.1) is 6.04 Å². The standard InChI is InChI=1S/C21H20N2/c1-2-5-16(6-3-1)17-9-11-18(12-10-17)19-7-4-8-20(15-19)21-13-14-22-23-21/h1-9,11-15,17,21-23H,10H2. The van der Waals surface area contributed by atoms with E-state index in [0.29, 0.717) is 5.92 Å². The highest BCUT2D eigenvalue weighted by atomic mass is 15.4. The topological polar surface area (TPSA) is 24.1 Å². The highest BCUT2D eigenvalue weighted by molar-refractivity contribution is 5.75. The Morgan fingerprint density at radius 2 is 1.74 bits per heavy atom. The van der Waals surface area contributed by atoms with Gasteiger partial charge < -0.3 is 5.43 Å². The summed E-state index contributed by atoms with van der Waals surface area (Å²) in [4.78, 5) is 0. The molecule has 23 heavy (non-hydrogen) atoms. The first kappa shape index (κ1) is 14.0. The third-order valence-electron chi connectivity index (χ3n) is 4.52. The average molecular weight is 300 g/mol. The molecule has 0 saturated carbocycles. The van der Waals surface area contributed by atoms with Crippen molar-refractivity contribution in [2.45, 2.75) is 18.4 Å². The van der Waals surface area contributed by atoms with Crippen LogP contribution in [0.3, 0.4) is 0 Å². The van der Waals surface area contributed by atoms with Crippen molar-refractivity contribution in [1.29, 1.82) is 0 Å². The normalized spacial score (nSPS) is 22.7. The highest BCUT2D eigenvalue weighted by Crippen LogP contribution is 2.31. The minimum atomic E-state index is 0.250. The number of hydrazine groups is 1. The van der Waals surface area contributed by atoms with Crippen LogP contribution < -0.4 is 10.9 Å². The van der Waals surface area contributed by atoms with E-state index >= 15 is 0 Å². The van der Waals surface area contributed by atoms with Crippen LogP contribution in [0.25, 0.3) is 5.57 Å². The minimum Gasteiger partial charge on any atom is -0.328 e. The predicted octanol–water partition coefficient (Wildman–Crippen LogP) is 4.48. The lowest BCUT2D eigenvalue weighted by Gasteiger charge is -2.18. The molecule has 4 rings (SSSR count). The molecule has 0 spiro atoms. The van der Waals surface area contributed by atoms with Gasteiger partial charge in [0.2, 0.25) is 0 Å². The van der Waals surface area contributed by atoms with Crippen LogP contribution in [0, 0.1) is 0 Å². The summed E-state index contributed by atoms with van der Waals surface area (Å²) in [7, 11) is 0. The maximum Gasteiger partial charge on any atom is 0.0708 e. The smallest absolute Gasteiger partial charge is 0.0708 e. The van der Waals surface area contributed by atoms with Gasteiger partial charge in [0, 0.05) is 12.1 Å². The number of benzene rings is 2. The molecule has 2 N–H and O–H groups in total. The van der Waals surface area contributed by atoms with Crippen molar-refractivity contribution >= 4 is 5.57 Å². The van der Waals surface area contributed by atoms with Crippen molar-refractivity contribution in [3.63, 3.8) is 0 Å². The number of hydrogen-bond acceptors (Lipinski definition) is 2. The maximum absolute atomic E-state index is 3.23. The minimum absolute atomic E-state index is 0.250. The lowest BCUT2D eigenvalue weighted by Crippen LogP contribution is -2.24. The van der Waals surface area contributed by atoms with Gasteiger partial charge in [0.15, 0.2) is 0 Å². The molecule has 0 fully saturated rings. The van der Waals surface area contributed by atoms with E-state index in [2.05, 4.69) is 89.8 Å².